The van der Waals surface area contributed by atoms with Crippen molar-refractivity contribution in [3.8, 4) is 5.88 Å². The number of piperazine rings is 1. The minimum absolute atomic E-state index is 0.218. The van der Waals surface area contributed by atoms with Crippen LogP contribution >= 0.6 is 0 Å². The van der Waals surface area contributed by atoms with Gasteiger partial charge in [0.2, 0.25) is 11.8 Å². The number of amides is 1. The minimum Gasteiger partial charge on any atom is -0.474 e. The van der Waals surface area contributed by atoms with Crippen LogP contribution in [0.4, 0.5) is 17.1 Å². The quantitative estimate of drug-likeness (QED) is 0.452. The smallest absolute Gasteiger partial charge is 0.237 e. The van der Waals surface area contributed by atoms with E-state index in [0.29, 0.717) is 24.9 Å². The van der Waals surface area contributed by atoms with Crippen molar-refractivity contribution in [1.29, 1.82) is 0 Å². The number of allylic oxidation sites excluding steroid dienone is 2. The molecule has 1 aromatic carbocycles. The number of rotatable bonds is 8. The fourth-order valence-corrected chi connectivity index (χ4v) is 6.69. The number of nitrogens with zero attached hydrogens (tertiary/aromatic N) is 5. The van der Waals surface area contributed by atoms with Crippen molar-refractivity contribution in [2.75, 3.05) is 68.0 Å². The lowest BCUT2D eigenvalue weighted by Crippen LogP contribution is -2.52. The van der Waals surface area contributed by atoms with Gasteiger partial charge in [0.25, 0.3) is 0 Å². The Labute approximate surface area is 255 Å². The SMILES string of the molecule is CCC(CC)N1CCN(C(=O)Cc2ccc(NC3=CCC=C4CCN(c5cnc6c(c5C)NCCO6)CC4=N3)cc2)CC1. The molecule has 0 spiro atoms. The molecule has 228 valence electrons. The molecule has 0 saturated carbocycles. The van der Waals surface area contributed by atoms with Crippen molar-refractivity contribution < 1.29 is 9.53 Å². The molecule has 2 fully saturated rings. The number of anilines is 3. The van der Waals surface area contributed by atoms with Crippen LogP contribution in [-0.2, 0) is 11.2 Å². The first-order valence-corrected chi connectivity index (χ1v) is 16.0. The molecule has 9 nitrogen and oxygen atoms in total. The molecule has 1 aromatic heterocycles. The Hall–Kier alpha value is -3.85. The summed E-state index contributed by atoms with van der Waals surface area (Å²) < 4.78 is 5.73. The topological polar surface area (TPSA) is 85.3 Å². The van der Waals surface area contributed by atoms with Gasteiger partial charge in [-0.2, -0.15) is 0 Å². The maximum Gasteiger partial charge on any atom is 0.237 e. The molecule has 0 aliphatic carbocycles. The van der Waals surface area contributed by atoms with Gasteiger partial charge in [0.1, 0.15) is 18.1 Å². The summed E-state index contributed by atoms with van der Waals surface area (Å²) in [7, 11) is 0. The lowest BCUT2D eigenvalue weighted by Gasteiger charge is -2.39. The second kappa shape index (κ2) is 13.2. The zero-order valence-electron chi connectivity index (χ0n) is 25.9. The molecule has 4 aliphatic heterocycles. The molecule has 2 N–H and O–H groups in total. The zero-order chi connectivity index (χ0) is 29.8. The third-order valence-corrected chi connectivity index (χ3v) is 9.26. The maximum atomic E-state index is 13.0. The molecule has 0 unspecified atom stereocenters. The number of ether oxygens (including phenoxy) is 1. The predicted octanol–water partition coefficient (Wildman–Crippen LogP) is 5.00. The van der Waals surface area contributed by atoms with Gasteiger partial charge in [-0.15, -0.1) is 0 Å². The van der Waals surface area contributed by atoms with Crippen LogP contribution in [0, 0.1) is 6.92 Å². The molecule has 43 heavy (non-hydrogen) atoms. The summed E-state index contributed by atoms with van der Waals surface area (Å²) in [5.74, 6) is 1.77. The summed E-state index contributed by atoms with van der Waals surface area (Å²) in [5.41, 5.74) is 7.73. The molecule has 2 aromatic rings. The normalized spacial score (nSPS) is 18.8. The highest BCUT2D eigenvalue weighted by Crippen LogP contribution is 2.36. The fourth-order valence-electron chi connectivity index (χ4n) is 6.69. The third-order valence-electron chi connectivity index (χ3n) is 9.26. The van der Waals surface area contributed by atoms with Crippen molar-refractivity contribution >= 4 is 28.7 Å². The van der Waals surface area contributed by atoms with Gasteiger partial charge < -0.3 is 25.2 Å². The lowest BCUT2D eigenvalue weighted by atomic mass is 9.99. The molecule has 0 atom stereocenters. The van der Waals surface area contributed by atoms with Crippen LogP contribution < -0.4 is 20.3 Å². The Kier molecular flexibility index (Phi) is 8.98. The molecule has 9 heteroatoms. The van der Waals surface area contributed by atoms with E-state index < -0.39 is 0 Å². The summed E-state index contributed by atoms with van der Waals surface area (Å²) in [4.78, 5) is 29.6. The van der Waals surface area contributed by atoms with Gasteiger partial charge in [-0.1, -0.05) is 32.1 Å². The number of benzene rings is 1. The van der Waals surface area contributed by atoms with Crippen LogP contribution in [0.25, 0.3) is 0 Å². The summed E-state index contributed by atoms with van der Waals surface area (Å²) in [5, 5.41) is 6.97. The van der Waals surface area contributed by atoms with Crippen LogP contribution in [-0.4, -0.2) is 84.9 Å². The molecule has 6 rings (SSSR count). The van der Waals surface area contributed by atoms with E-state index in [0.717, 1.165) is 92.8 Å². The van der Waals surface area contributed by atoms with Crippen molar-refractivity contribution in [2.45, 2.75) is 58.9 Å². The van der Waals surface area contributed by atoms with E-state index in [1.54, 1.807) is 0 Å². The van der Waals surface area contributed by atoms with Gasteiger partial charge in [0.15, 0.2) is 0 Å². The Morgan fingerprint density at radius 1 is 1.07 bits per heavy atom. The van der Waals surface area contributed by atoms with Gasteiger partial charge in [-0.25, -0.2) is 9.98 Å². The molecular weight excluding hydrogens is 538 g/mol. The van der Waals surface area contributed by atoms with Gasteiger partial charge >= 0.3 is 0 Å². The predicted molar refractivity (Wildman–Crippen MR) is 174 cm³/mol. The number of carbonyl (C=O) groups is 1. The summed E-state index contributed by atoms with van der Waals surface area (Å²) in [6.45, 7) is 13.4. The standard InChI is InChI=1S/C34H45N7O2/c1-4-28(5-2)39-16-18-40(19-17-39)32(42)21-25-9-11-27(12-10-25)37-31-8-6-7-26-13-15-41(23-29(26)38-31)30-22-36-34-33(24(30)3)35-14-20-43-34/h7-12,22,28,35,37H,4-6,13-21,23H2,1-3H3. The monoisotopic (exact) mass is 583 g/mol. The number of fused-ring (bicyclic) bond motifs is 2. The minimum atomic E-state index is 0.218. The largest absolute Gasteiger partial charge is 0.474 e. The van der Waals surface area contributed by atoms with Crippen molar-refractivity contribution in [2.24, 2.45) is 4.99 Å². The van der Waals surface area contributed by atoms with Crippen LogP contribution in [0.2, 0.25) is 0 Å². The number of hydrogen-bond acceptors (Lipinski definition) is 8. The van der Waals surface area contributed by atoms with Gasteiger partial charge in [-0.05, 0) is 62.0 Å². The average molecular weight is 584 g/mol. The molecule has 2 saturated heterocycles. The van der Waals surface area contributed by atoms with Gasteiger partial charge in [-0.3, -0.25) is 9.69 Å². The second-order valence-electron chi connectivity index (χ2n) is 11.9. The Morgan fingerprint density at radius 3 is 2.63 bits per heavy atom. The summed E-state index contributed by atoms with van der Waals surface area (Å²) in [6, 6.07) is 8.85. The first-order chi connectivity index (χ1) is 21.0. The number of aromatic nitrogens is 1. The number of carbonyl (C=O) groups excluding carboxylic acids is 1. The van der Waals surface area contributed by atoms with E-state index >= 15 is 0 Å². The summed E-state index contributed by atoms with van der Waals surface area (Å²) in [6.07, 6.45) is 11.0. The van der Waals surface area contributed by atoms with E-state index in [9.17, 15) is 4.79 Å². The van der Waals surface area contributed by atoms with Crippen molar-refractivity contribution in [3.63, 3.8) is 0 Å². The Bertz CT molecular complexity index is 1400. The molecule has 0 bridgehead atoms. The van der Waals surface area contributed by atoms with E-state index in [4.69, 9.17) is 9.73 Å². The van der Waals surface area contributed by atoms with E-state index in [-0.39, 0.29) is 5.91 Å². The molecule has 0 radical (unpaired) electrons. The highest BCUT2D eigenvalue weighted by Gasteiger charge is 2.26. The van der Waals surface area contributed by atoms with E-state index in [1.807, 2.05) is 11.1 Å². The lowest BCUT2D eigenvalue weighted by molar-refractivity contribution is -0.132. The van der Waals surface area contributed by atoms with Crippen LogP contribution in [0.3, 0.4) is 0 Å². The third kappa shape index (κ3) is 6.56. The molecular formula is C34H45N7O2. The molecule has 1 amide bonds. The van der Waals surface area contributed by atoms with E-state index in [2.05, 4.69) is 82.6 Å². The van der Waals surface area contributed by atoms with Gasteiger partial charge in [0.05, 0.1) is 30.6 Å². The van der Waals surface area contributed by atoms with Crippen LogP contribution in [0.5, 0.6) is 5.88 Å². The first kappa shape index (κ1) is 29.2. The number of pyridine rings is 1. The summed E-state index contributed by atoms with van der Waals surface area (Å²) >= 11 is 0. The maximum absolute atomic E-state index is 13.0. The first-order valence-electron chi connectivity index (χ1n) is 16.0. The second-order valence-corrected chi connectivity index (χ2v) is 11.9. The highest BCUT2D eigenvalue weighted by atomic mass is 16.5. The number of hydrogen-bond donors (Lipinski definition) is 2. The number of piperidine rings is 1. The fraction of sp³-hybridized carbons (Fsp3) is 0.500. The van der Waals surface area contributed by atoms with Crippen LogP contribution in [0.15, 0.2) is 59.0 Å². The van der Waals surface area contributed by atoms with Crippen LogP contribution in [0.1, 0.15) is 50.7 Å². The number of aliphatic imine (C=N–C) groups is 1. The Balaban J connectivity index is 1.06. The van der Waals surface area contributed by atoms with E-state index in [1.165, 1.54) is 24.0 Å². The highest BCUT2D eigenvalue weighted by molar-refractivity contribution is 6.05. The van der Waals surface area contributed by atoms with Crippen molar-refractivity contribution in [3.05, 3.63) is 65.1 Å². The zero-order valence-corrected chi connectivity index (χ0v) is 25.9. The Morgan fingerprint density at radius 2 is 1.86 bits per heavy atom. The molecule has 4 aliphatic rings. The van der Waals surface area contributed by atoms with Gasteiger partial charge in [0, 0.05) is 56.6 Å². The average Bonchev–Trinajstić information content (AvgIpc) is 3.24. The number of nitrogens with one attached hydrogen (secondary N) is 2. The molecule has 5 heterocycles. The van der Waals surface area contributed by atoms with Crippen molar-refractivity contribution in [1.82, 2.24) is 14.8 Å².